The van der Waals surface area contributed by atoms with Crippen molar-refractivity contribution in [2.24, 2.45) is 5.92 Å². The van der Waals surface area contributed by atoms with Gasteiger partial charge in [-0.1, -0.05) is 49.7 Å². The Hall–Kier alpha value is -1.80. The number of hydrogen-bond acceptors (Lipinski definition) is 2. The van der Waals surface area contributed by atoms with Gasteiger partial charge in [0, 0.05) is 23.7 Å². The van der Waals surface area contributed by atoms with Gasteiger partial charge in [0.25, 0.3) is 0 Å². The van der Waals surface area contributed by atoms with Crippen molar-refractivity contribution in [1.29, 1.82) is 0 Å². The van der Waals surface area contributed by atoms with Crippen LogP contribution in [0.3, 0.4) is 0 Å². The number of aliphatic hydroxyl groups excluding tert-OH is 1. The van der Waals surface area contributed by atoms with Crippen molar-refractivity contribution in [3.05, 3.63) is 59.7 Å². The van der Waals surface area contributed by atoms with Gasteiger partial charge in [-0.05, 0) is 18.1 Å². The third-order valence-corrected chi connectivity index (χ3v) is 3.96. The monoisotopic (exact) mass is 254 g/mol. The second kappa shape index (κ2) is 5.06. The SMILES string of the molecule is CC[C@@H](CO)C1c2ccccc2Oc2ccccc21. The fourth-order valence-electron chi connectivity index (χ4n) is 2.92. The topological polar surface area (TPSA) is 29.5 Å². The molecule has 1 aliphatic heterocycles. The number of rotatable bonds is 3. The van der Waals surface area contributed by atoms with Gasteiger partial charge in [0.15, 0.2) is 0 Å². The van der Waals surface area contributed by atoms with Gasteiger partial charge in [-0.2, -0.15) is 0 Å². The van der Waals surface area contributed by atoms with E-state index in [1.54, 1.807) is 0 Å². The summed E-state index contributed by atoms with van der Waals surface area (Å²) in [5.41, 5.74) is 2.37. The van der Waals surface area contributed by atoms with Crippen LogP contribution in [0.15, 0.2) is 48.5 Å². The molecule has 0 aliphatic carbocycles. The first-order valence-corrected chi connectivity index (χ1v) is 6.81. The minimum absolute atomic E-state index is 0.198. The summed E-state index contributed by atoms with van der Waals surface area (Å²) in [5, 5.41) is 9.69. The molecule has 0 fully saturated rings. The average Bonchev–Trinajstić information content (AvgIpc) is 2.47. The molecule has 98 valence electrons. The lowest BCUT2D eigenvalue weighted by atomic mass is 9.78. The molecule has 2 heteroatoms. The molecule has 0 bridgehead atoms. The van der Waals surface area contributed by atoms with Crippen molar-refractivity contribution in [2.45, 2.75) is 19.3 Å². The molecular formula is C17H18O2. The van der Waals surface area contributed by atoms with Crippen LogP contribution in [-0.2, 0) is 0 Å². The van der Waals surface area contributed by atoms with E-state index in [0.717, 1.165) is 17.9 Å². The summed E-state index contributed by atoms with van der Waals surface area (Å²) in [7, 11) is 0. The fraction of sp³-hybridized carbons (Fsp3) is 0.294. The van der Waals surface area contributed by atoms with Crippen LogP contribution in [0, 0.1) is 5.92 Å². The van der Waals surface area contributed by atoms with Gasteiger partial charge in [0.2, 0.25) is 0 Å². The summed E-state index contributed by atoms with van der Waals surface area (Å²) in [6.07, 6.45) is 0.948. The van der Waals surface area contributed by atoms with Gasteiger partial charge >= 0.3 is 0 Å². The lowest BCUT2D eigenvalue weighted by Crippen LogP contribution is -2.21. The highest BCUT2D eigenvalue weighted by Crippen LogP contribution is 2.47. The van der Waals surface area contributed by atoms with E-state index < -0.39 is 0 Å². The molecule has 2 aromatic rings. The Morgan fingerprint density at radius 1 is 1.00 bits per heavy atom. The van der Waals surface area contributed by atoms with Crippen LogP contribution in [-0.4, -0.2) is 11.7 Å². The van der Waals surface area contributed by atoms with Crippen LogP contribution >= 0.6 is 0 Å². The van der Waals surface area contributed by atoms with E-state index in [0.29, 0.717) is 0 Å². The van der Waals surface area contributed by atoms with Gasteiger partial charge in [0.1, 0.15) is 11.5 Å². The number of para-hydroxylation sites is 2. The van der Waals surface area contributed by atoms with E-state index in [1.807, 2.05) is 36.4 Å². The van der Waals surface area contributed by atoms with E-state index in [-0.39, 0.29) is 18.4 Å². The molecular weight excluding hydrogens is 236 g/mol. The molecule has 0 spiro atoms. The Labute approximate surface area is 113 Å². The molecule has 1 atom stereocenters. The zero-order valence-corrected chi connectivity index (χ0v) is 11.0. The Bertz CT molecular complexity index is 527. The van der Waals surface area contributed by atoms with E-state index in [2.05, 4.69) is 19.1 Å². The Morgan fingerprint density at radius 2 is 1.53 bits per heavy atom. The van der Waals surface area contributed by atoms with Crippen LogP contribution in [0.2, 0.25) is 0 Å². The van der Waals surface area contributed by atoms with E-state index in [1.165, 1.54) is 11.1 Å². The van der Waals surface area contributed by atoms with Crippen molar-refractivity contribution < 1.29 is 9.84 Å². The summed E-state index contributed by atoms with van der Waals surface area (Å²) >= 11 is 0. The molecule has 1 aliphatic rings. The number of hydrogen-bond donors (Lipinski definition) is 1. The molecule has 2 nitrogen and oxygen atoms in total. The Kier molecular flexibility index (Phi) is 3.26. The van der Waals surface area contributed by atoms with E-state index >= 15 is 0 Å². The quantitative estimate of drug-likeness (QED) is 0.898. The number of benzene rings is 2. The lowest BCUT2D eigenvalue weighted by Gasteiger charge is -2.32. The third-order valence-electron chi connectivity index (χ3n) is 3.96. The summed E-state index contributed by atoms with van der Waals surface area (Å²) < 4.78 is 5.97. The largest absolute Gasteiger partial charge is 0.457 e. The molecule has 0 saturated heterocycles. The third kappa shape index (κ3) is 2.02. The Balaban J connectivity index is 2.16. The summed E-state index contributed by atoms with van der Waals surface area (Å²) in [5.74, 6) is 2.28. The van der Waals surface area contributed by atoms with Crippen molar-refractivity contribution in [3.63, 3.8) is 0 Å². The lowest BCUT2D eigenvalue weighted by molar-refractivity contribution is 0.205. The molecule has 0 aromatic heterocycles. The van der Waals surface area contributed by atoms with Crippen molar-refractivity contribution in [3.8, 4) is 11.5 Å². The highest BCUT2D eigenvalue weighted by Gasteiger charge is 2.31. The zero-order valence-electron chi connectivity index (χ0n) is 11.0. The standard InChI is InChI=1S/C17H18O2/c1-2-12(11-18)17-13-7-3-5-9-15(13)19-16-10-6-4-8-14(16)17/h3-10,12,17-18H,2,11H2,1H3/t12-/m0/s1. The van der Waals surface area contributed by atoms with Crippen LogP contribution in [0.5, 0.6) is 11.5 Å². The van der Waals surface area contributed by atoms with Crippen molar-refractivity contribution in [2.75, 3.05) is 6.61 Å². The molecule has 3 rings (SSSR count). The maximum Gasteiger partial charge on any atom is 0.131 e. The van der Waals surface area contributed by atoms with Gasteiger partial charge in [-0.15, -0.1) is 0 Å². The molecule has 19 heavy (non-hydrogen) atoms. The average molecular weight is 254 g/mol. The predicted molar refractivity (Wildman–Crippen MR) is 75.7 cm³/mol. The summed E-state index contributed by atoms with van der Waals surface area (Å²) in [6, 6.07) is 16.3. The first-order valence-electron chi connectivity index (χ1n) is 6.81. The number of fused-ring (bicyclic) bond motifs is 2. The molecule has 0 saturated carbocycles. The summed E-state index contributed by atoms with van der Waals surface area (Å²) in [6.45, 7) is 2.32. The molecule has 0 amide bonds. The zero-order chi connectivity index (χ0) is 13.2. The predicted octanol–water partition coefficient (Wildman–Crippen LogP) is 3.94. The smallest absolute Gasteiger partial charge is 0.131 e. The first-order chi connectivity index (χ1) is 9.35. The molecule has 0 unspecified atom stereocenters. The van der Waals surface area contributed by atoms with Gasteiger partial charge in [0.05, 0.1) is 0 Å². The molecule has 0 radical (unpaired) electrons. The second-order valence-electron chi connectivity index (χ2n) is 5.01. The minimum Gasteiger partial charge on any atom is -0.457 e. The van der Waals surface area contributed by atoms with Gasteiger partial charge in [-0.3, -0.25) is 0 Å². The van der Waals surface area contributed by atoms with E-state index in [9.17, 15) is 5.11 Å². The second-order valence-corrected chi connectivity index (χ2v) is 5.01. The highest BCUT2D eigenvalue weighted by molar-refractivity contribution is 5.53. The highest BCUT2D eigenvalue weighted by atomic mass is 16.5. The van der Waals surface area contributed by atoms with Crippen LogP contribution in [0.25, 0.3) is 0 Å². The van der Waals surface area contributed by atoms with Gasteiger partial charge in [-0.25, -0.2) is 0 Å². The fourth-order valence-corrected chi connectivity index (χ4v) is 2.92. The normalized spacial score (nSPS) is 15.3. The van der Waals surface area contributed by atoms with Crippen molar-refractivity contribution in [1.82, 2.24) is 0 Å². The molecule has 2 aromatic carbocycles. The molecule has 1 heterocycles. The van der Waals surface area contributed by atoms with Crippen LogP contribution in [0.4, 0.5) is 0 Å². The van der Waals surface area contributed by atoms with Crippen molar-refractivity contribution >= 4 is 0 Å². The minimum atomic E-state index is 0.198. The Morgan fingerprint density at radius 3 is 2.00 bits per heavy atom. The first kappa shape index (κ1) is 12.2. The van der Waals surface area contributed by atoms with Crippen LogP contribution < -0.4 is 4.74 Å². The number of aliphatic hydroxyl groups is 1. The molecule has 1 N–H and O–H groups in total. The van der Waals surface area contributed by atoms with Crippen LogP contribution in [0.1, 0.15) is 30.4 Å². The maximum atomic E-state index is 9.69. The maximum absolute atomic E-state index is 9.69. The number of ether oxygens (including phenoxy) is 1. The van der Waals surface area contributed by atoms with E-state index in [4.69, 9.17) is 4.74 Å². The van der Waals surface area contributed by atoms with Gasteiger partial charge < -0.3 is 9.84 Å². The summed E-state index contributed by atoms with van der Waals surface area (Å²) in [4.78, 5) is 0.